The molecule has 0 aliphatic rings. The second-order valence-electron chi connectivity index (χ2n) is 18.7. The molecule has 12 rings (SSSR count). The molecule has 0 bridgehead atoms. The first kappa shape index (κ1) is 42.0. The number of nitrogens with zero attached hydrogens (tertiary/aromatic N) is 3. The number of pyridine rings is 1. The zero-order chi connectivity index (χ0) is 54.5. The molecule has 0 amide bonds. The molecule has 4 nitrogen and oxygen atoms in total. The van der Waals surface area contributed by atoms with Crippen LogP contribution >= 0.6 is 0 Å². The van der Waals surface area contributed by atoms with Gasteiger partial charge >= 0.3 is 150 Å². The Hall–Kier alpha value is -7.55. The molecule has 0 fully saturated rings. The van der Waals surface area contributed by atoms with Gasteiger partial charge in [0, 0.05) is 40.9 Å². The van der Waals surface area contributed by atoms with Crippen molar-refractivity contribution in [2.75, 3.05) is 0 Å². The summed E-state index contributed by atoms with van der Waals surface area (Å²) in [5, 5.41) is 1.75. The Morgan fingerprint density at radius 3 is 1.92 bits per heavy atom. The molecule has 0 unspecified atom stereocenters. The number of benzene rings is 9. The summed E-state index contributed by atoms with van der Waals surface area (Å²) in [5.74, 6) is 6.00. The Labute approximate surface area is 449 Å². The monoisotopic (exact) mass is 1200 g/mol. The molecule has 8 heteroatoms. The largest absolute Gasteiger partial charge is 0.501 e. The van der Waals surface area contributed by atoms with Crippen molar-refractivity contribution in [2.45, 2.75) is 31.0 Å². The number of imidazole rings is 1. The first-order chi connectivity index (χ1) is 37.4. The Morgan fingerprint density at radius 1 is 0.575 bits per heavy atom. The average Bonchev–Trinajstić information content (AvgIpc) is 4.16. The molecule has 0 N–H and O–H groups in total. The minimum Gasteiger partial charge on any atom is -0.501 e. The van der Waals surface area contributed by atoms with Crippen LogP contribution in [0.15, 0.2) is 211 Å². The molecule has 3 heterocycles. The van der Waals surface area contributed by atoms with Crippen LogP contribution in [-0.4, -0.2) is 27.8 Å². The predicted molar refractivity (Wildman–Crippen MR) is 295 cm³/mol. The van der Waals surface area contributed by atoms with Crippen molar-refractivity contribution in [3.8, 4) is 72.8 Å². The number of hydrogen-bond donors (Lipinski definition) is 0. The minimum absolute atomic E-state index is 0. The Kier molecular flexibility index (Phi) is 11.8. The fourth-order valence-electron chi connectivity index (χ4n) is 9.28. The first-order valence-electron chi connectivity index (χ1n) is 26.6. The third-order valence-electron chi connectivity index (χ3n) is 12.9. The number of hydrogen-bond acceptors (Lipinski definition) is 3. The molecule has 0 aliphatic heterocycles. The Morgan fingerprint density at radius 2 is 1.23 bits per heavy atom. The fraction of sp³-hybridized carbons (Fsp3) is 0.0769. The van der Waals surface area contributed by atoms with Crippen LogP contribution in [-0.2, 0) is 20.1 Å². The zero-order valence-electron chi connectivity index (χ0n) is 46.0. The summed E-state index contributed by atoms with van der Waals surface area (Å²) in [4.78, 5) is 9.43. The van der Waals surface area contributed by atoms with Crippen molar-refractivity contribution in [3.63, 3.8) is 0 Å². The summed E-state index contributed by atoms with van der Waals surface area (Å²) < 4.78 is 87.0. The van der Waals surface area contributed by atoms with E-state index < -0.39 is 32.8 Å². The third kappa shape index (κ3) is 9.76. The van der Waals surface area contributed by atoms with Gasteiger partial charge in [0.05, 0.1) is 22.4 Å². The smallest absolute Gasteiger partial charge is 0.148 e. The van der Waals surface area contributed by atoms with Crippen molar-refractivity contribution in [3.05, 3.63) is 241 Å². The van der Waals surface area contributed by atoms with Crippen LogP contribution in [0.5, 0.6) is 0 Å². The molecule has 0 atom stereocenters. The molecule has 1 radical (unpaired) electrons. The van der Waals surface area contributed by atoms with E-state index in [1.807, 2.05) is 114 Å². The molecule has 73 heavy (non-hydrogen) atoms. The molecule has 0 aliphatic carbocycles. The van der Waals surface area contributed by atoms with Crippen molar-refractivity contribution >= 4 is 50.6 Å². The van der Waals surface area contributed by atoms with Crippen molar-refractivity contribution in [1.29, 1.82) is 0 Å². The second-order valence-corrected chi connectivity index (χ2v) is 29.2. The number of furan rings is 1. The second kappa shape index (κ2) is 20.5. The van der Waals surface area contributed by atoms with E-state index in [9.17, 15) is 4.39 Å². The predicted octanol–water partition coefficient (Wildman–Crippen LogP) is 17.0. The van der Waals surface area contributed by atoms with E-state index in [-0.39, 0.29) is 37.0 Å². The number of halogens is 2. The van der Waals surface area contributed by atoms with E-state index in [1.54, 1.807) is 30.5 Å². The maximum Gasteiger partial charge on any atom is 0.148 e. The van der Waals surface area contributed by atoms with E-state index in [0.717, 1.165) is 59.8 Å². The van der Waals surface area contributed by atoms with Crippen LogP contribution in [0.25, 0.3) is 106 Å². The molecule has 0 spiro atoms. The van der Waals surface area contributed by atoms with Gasteiger partial charge in [-0.1, -0.05) is 126 Å². The molecule has 3 aromatic heterocycles. The van der Waals surface area contributed by atoms with Crippen molar-refractivity contribution in [2.24, 2.45) is 0 Å². The maximum atomic E-state index is 16.1. The van der Waals surface area contributed by atoms with Crippen molar-refractivity contribution in [1.82, 2.24) is 14.5 Å². The van der Waals surface area contributed by atoms with Crippen LogP contribution in [0.2, 0.25) is 17.3 Å². The standard InChI is InChI=1S/C44H28FN2O.C21H21FGeN.Ir/c1-28-18-20-30(21-19-28)32-23-25-41-37(26-32)35-14-8-15-36(43(35)48-41)44-46-39-17-9-16-38(45)42(39)47(44)40-27-33(29-10-4-2-5-11-29)22-24-34(40)31-12-6-3-7-13-31;1-15-12-21(24-14-20(15)23(2,3)4)18-11-10-17(13-19(18)22)16-8-6-5-7-9-16;/h2-14,16-27H,1H3;5-10,12-14H,1-4H3;/q2*-1;/i2*1D3;. The SMILES string of the molecule is [2H]C([2H])([2H])c1cc(-c2[c-]cc(-c3ccccc3)cc2F)nc[c]1[Ge]([CH3])([CH3])[CH3].[2H]C([2H])([2H])c1ccc(-c2ccc3oc4c(-c5nc6cccc(F)c6n5-c5cc(-c6ccccc6)ccc5-c5ccccc5)[c-]ccc4c3c2)cc1.[Ir]. The third-order valence-corrected chi connectivity index (χ3v) is 17.1. The van der Waals surface area contributed by atoms with E-state index in [1.165, 1.54) is 18.2 Å². The van der Waals surface area contributed by atoms with Crippen LogP contribution in [0.1, 0.15) is 19.4 Å². The van der Waals surface area contributed by atoms with Gasteiger partial charge in [-0.15, -0.1) is 18.2 Å². The van der Waals surface area contributed by atoms with Gasteiger partial charge in [-0.25, -0.2) is 4.39 Å². The molecular formula is C65H49F2GeIrN3O-2. The molecule has 359 valence electrons. The molecule has 0 saturated carbocycles. The molecule has 12 aromatic rings. The number of para-hydroxylation sites is 1. The minimum atomic E-state index is -2.44. The Bertz CT molecular complexity index is 4180. The fourth-order valence-corrected chi connectivity index (χ4v) is 12.1. The quantitative estimate of drug-likeness (QED) is 0.112. The molecule has 0 saturated heterocycles. The summed E-state index contributed by atoms with van der Waals surface area (Å²) in [6, 6.07) is 68.6. The summed E-state index contributed by atoms with van der Waals surface area (Å²) >= 11 is -2.44. The van der Waals surface area contributed by atoms with Crippen LogP contribution in [0, 0.1) is 37.5 Å². The summed E-state index contributed by atoms with van der Waals surface area (Å²) in [5.41, 5.74) is 11.9. The average molecular weight is 1200 g/mol. The molecule has 9 aromatic carbocycles. The summed E-state index contributed by atoms with van der Waals surface area (Å²) in [6.07, 6.45) is 1.62. The normalized spacial score (nSPS) is 12.9. The van der Waals surface area contributed by atoms with Gasteiger partial charge < -0.3 is 8.98 Å². The van der Waals surface area contributed by atoms with Gasteiger partial charge in [-0.3, -0.25) is 4.98 Å². The van der Waals surface area contributed by atoms with Crippen LogP contribution in [0.3, 0.4) is 0 Å². The van der Waals surface area contributed by atoms with Crippen molar-refractivity contribution < 1.29 is 41.5 Å². The topological polar surface area (TPSA) is 43.9 Å². The number of aryl methyl sites for hydroxylation is 2. The van der Waals surface area contributed by atoms with Gasteiger partial charge in [0.2, 0.25) is 0 Å². The Balaban J connectivity index is 0.000000213. The van der Waals surface area contributed by atoms with E-state index in [0.29, 0.717) is 50.4 Å². The van der Waals surface area contributed by atoms with Gasteiger partial charge in [-0.2, -0.15) is 0 Å². The summed E-state index contributed by atoms with van der Waals surface area (Å²) in [6.45, 7) is -4.42. The van der Waals surface area contributed by atoms with E-state index >= 15 is 4.39 Å². The van der Waals surface area contributed by atoms with E-state index in [4.69, 9.17) is 17.6 Å². The van der Waals surface area contributed by atoms with Crippen LogP contribution in [0.4, 0.5) is 8.78 Å². The van der Waals surface area contributed by atoms with Gasteiger partial charge in [0.1, 0.15) is 11.4 Å². The van der Waals surface area contributed by atoms with Gasteiger partial charge in [0.15, 0.2) is 0 Å². The van der Waals surface area contributed by atoms with Crippen LogP contribution < -0.4 is 4.40 Å². The van der Waals surface area contributed by atoms with Gasteiger partial charge in [0.25, 0.3) is 0 Å². The number of fused-ring (bicyclic) bond motifs is 4. The summed E-state index contributed by atoms with van der Waals surface area (Å²) in [7, 11) is 0. The van der Waals surface area contributed by atoms with Gasteiger partial charge in [-0.05, 0) is 65.0 Å². The first-order valence-corrected chi connectivity index (χ1v) is 30.9. The van der Waals surface area contributed by atoms with E-state index in [2.05, 4.69) is 82.9 Å². The zero-order valence-corrected chi connectivity index (χ0v) is 44.5. The molecular weight excluding hydrogens is 1140 g/mol. The number of aromatic nitrogens is 3. The number of rotatable bonds is 8. The maximum absolute atomic E-state index is 16.1.